The molecule has 0 amide bonds. The van der Waals surface area contributed by atoms with Crippen molar-refractivity contribution in [2.75, 3.05) is 13.7 Å². The maximum atomic E-state index is 5.79. The molecule has 1 aromatic rings. The van der Waals surface area contributed by atoms with E-state index in [1.165, 1.54) is 24.1 Å². The van der Waals surface area contributed by atoms with E-state index < -0.39 is 0 Å². The molecule has 106 valence electrons. The molecule has 1 N–H and O–H groups in total. The second-order valence-corrected chi connectivity index (χ2v) is 5.48. The van der Waals surface area contributed by atoms with Gasteiger partial charge in [-0.15, -0.1) is 0 Å². The van der Waals surface area contributed by atoms with Gasteiger partial charge in [-0.25, -0.2) is 9.97 Å². The van der Waals surface area contributed by atoms with Crippen molar-refractivity contribution in [2.45, 2.75) is 52.2 Å². The number of hydrogen-bond acceptors (Lipinski definition) is 4. The van der Waals surface area contributed by atoms with Gasteiger partial charge in [0.15, 0.2) is 5.82 Å². The summed E-state index contributed by atoms with van der Waals surface area (Å²) in [6, 6.07) is 0.405. The molecule has 1 heterocycles. The first-order valence-corrected chi connectivity index (χ1v) is 7.32. The Kier molecular flexibility index (Phi) is 4.88. The molecule has 0 saturated carbocycles. The quantitative estimate of drug-likeness (QED) is 0.887. The Hall–Kier alpha value is -1.00. The van der Waals surface area contributed by atoms with Crippen LogP contribution in [0.5, 0.6) is 0 Å². The largest absolute Gasteiger partial charge is 0.370 e. The summed E-state index contributed by atoms with van der Waals surface area (Å²) in [6.45, 7) is 7.02. The normalized spacial score (nSPS) is 20.4. The molecule has 1 aromatic heterocycles. The zero-order chi connectivity index (χ0) is 13.8. The summed E-state index contributed by atoms with van der Waals surface area (Å²) in [4.78, 5) is 9.33. The Labute approximate surface area is 116 Å². The molecule has 0 bridgehead atoms. The van der Waals surface area contributed by atoms with Crippen LogP contribution >= 0.6 is 0 Å². The summed E-state index contributed by atoms with van der Waals surface area (Å²) < 4.78 is 5.79. The van der Waals surface area contributed by atoms with Gasteiger partial charge in [-0.05, 0) is 39.2 Å². The monoisotopic (exact) mass is 263 g/mol. The minimum Gasteiger partial charge on any atom is -0.370 e. The van der Waals surface area contributed by atoms with Crippen molar-refractivity contribution in [3.63, 3.8) is 0 Å². The third kappa shape index (κ3) is 3.12. The van der Waals surface area contributed by atoms with Crippen LogP contribution in [-0.2, 0) is 11.2 Å². The molecule has 1 aliphatic rings. The second kappa shape index (κ2) is 6.44. The van der Waals surface area contributed by atoms with Crippen LogP contribution in [0.4, 0.5) is 0 Å². The lowest BCUT2D eigenvalue weighted by atomic mass is 9.92. The molecule has 0 fully saturated rings. The van der Waals surface area contributed by atoms with E-state index in [-0.39, 0.29) is 6.10 Å². The molecule has 2 atom stereocenters. The van der Waals surface area contributed by atoms with Gasteiger partial charge < -0.3 is 10.1 Å². The summed E-state index contributed by atoms with van der Waals surface area (Å²) in [5.74, 6) is 1.23. The molecule has 4 nitrogen and oxygen atoms in total. The summed E-state index contributed by atoms with van der Waals surface area (Å²) >= 11 is 0. The average Bonchev–Trinajstić information content (AvgIpc) is 2.43. The van der Waals surface area contributed by atoms with Gasteiger partial charge in [-0.2, -0.15) is 0 Å². The molecule has 2 unspecified atom stereocenters. The maximum Gasteiger partial charge on any atom is 0.157 e. The highest BCUT2D eigenvalue weighted by Crippen LogP contribution is 2.30. The van der Waals surface area contributed by atoms with Crippen LogP contribution in [-0.4, -0.2) is 23.6 Å². The van der Waals surface area contributed by atoms with Crippen molar-refractivity contribution in [2.24, 2.45) is 5.92 Å². The lowest BCUT2D eigenvalue weighted by molar-refractivity contribution is 0.0229. The molecular weight excluding hydrogens is 238 g/mol. The van der Waals surface area contributed by atoms with Crippen molar-refractivity contribution in [3.8, 4) is 0 Å². The molecule has 0 spiro atoms. The number of rotatable bonds is 5. The van der Waals surface area contributed by atoms with Crippen LogP contribution in [0, 0.1) is 5.92 Å². The Bertz CT molecular complexity index is 420. The van der Waals surface area contributed by atoms with Gasteiger partial charge in [-0.1, -0.05) is 13.8 Å². The first-order valence-electron chi connectivity index (χ1n) is 7.32. The maximum absolute atomic E-state index is 5.79. The first kappa shape index (κ1) is 14.4. The Morgan fingerprint density at radius 1 is 1.47 bits per heavy atom. The van der Waals surface area contributed by atoms with E-state index in [1.54, 1.807) is 0 Å². The van der Waals surface area contributed by atoms with Crippen LogP contribution < -0.4 is 5.32 Å². The van der Waals surface area contributed by atoms with Crippen molar-refractivity contribution in [1.82, 2.24) is 15.3 Å². The SMILES string of the molecule is CCOC(c1ncc2c(n1)CCCC2NC)C(C)C. The Balaban J connectivity index is 2.29. The number of nitrogens with one attached hydrogen (secondary N) is 1. The molecule has 19 heavy (non-hydrogen) atoms. The highest BCUT2D eigenvalue weighted by molar-refractivity contribution is 5.25. The summed E-state index contributed by atoms with van der Waals surface area (Å²) in [5.41, 5.74) is 2.46. The number of ether oxygens (including phenoxy) is 1. The van der Waals surface area contributed by atoms with E-state index >= 15 is 0 Å². The van der Waals surface area contributed by atoms with Gasteiger partial charge in [-0.3, -0.25) is 0 Å². The molecule has 0 aromatic carbocycles. The Morgan fingerprint density at radius 2 is 2.26 bits per heavy atom. The van der Waals surface area contributed by atoms with E-state index in [2.05, 4.69) is 24.1 Å². The van der Waals surface area contributed by atoms with E-state index in [1.807, 2.05) is 20.2 Å². The van der Waals surface area contributed by atoms with E-state index in [4.69, 9.17) is 9.72 Å². The lowest BCUT2D eigenvalue weighted by Gasteiger charge is -2.26. The molecule has 1 aliphatic carbocycles. The zero-order valence-electron chi connectivity index (χ0n) is 12.4. The van der Waals surface area contributed by atoms with Crippen LogP contribution in [0.25, 0.3) is 0 Å². The van der Waals surface area contributed by atoms with Crippen LogP contribution in [0.2, 0.25) is 0 Å². The predicted octanol–water partition coefficient (Wildman–Crippen LogP) is 2.81. The molecule has 4 heteroatoms. The fourth-order valence-corrected chi connectivity index (χ4v) is 2.74. The average molecular weight is 263 g/mol. The molecule has 2 rings (SSSR count). The van der Waals surface area contributed by atoms with Crippen LogP contribution in [0.1, 0.15) is 62.8 Å². The number of aryl methyl sites for hydroxylation is 1. The summed E-state index contributed by atoms with van der Waals surface area (Å²) in [6.07, 6.45) is 5.42. The Morgan fingerprint density at radius 3 is 2.89 bits per heavy atom. The standard InChI is InChI=1S/C15H25N3O/c1-5-19-14(10(2)3)15-17-9-11-12(16-4)7-6-8-13(11)18-15/h9-10,12,14,16H,5-8H2,1-4H3. The minimum atomic E-state index is 0.00487. The molecule has 0 radical (unpaired) electrons. The highest BCUT2D eigenvalue weighted by atomic mass is 16.5. The van der Waals surface area contributed by atoms with Crippen molar-refractivity contribution in [3.05, 3.63) is 23.3 Å². The van der Waals surface area contributed by atoms with Gasteiger partial charge in [0, 0.05) is 30.1 Å². The number of aromatic nitrogens is 2. The number of fused-ring (bicyclic) bond motifs is 1. The van der Waals surface area contributed by atoms with Gasteiger partial charge in [0.05, 0.1) is 0 Å². The molecular formula is C15H25N3O. The first-order chi connectivity index (χ1) is 9.17. The van der Waals surface area contributed by atoms with E-state index in [0.29, 0.717) is 18.6 Å². The fraction of sp³-hybridized carbons (Fsp3) is 0.733. The molecule has 0 aliphatic heterocycles. The summed E-state index contributed by atoms with van der Waals surface area (Å²) in [5, 5.41) is 3.35. The third-order valence-corrected chi connectivity index (χ3v) is 3.76. The van der Waals surface area contributed by atoms with Crippen molar-refractivity contribution >= 4 is 0 Å². The fourth-order valence-electron chi connectivity index (χ4n) is 2.74. The number of hydrogen-bond donors (Lipinski definition) is 1. The lowest BCUT2D eigenvalue weighted by Crippen LogP contribution is -2.24. The predicted molar refractivity (Wildman–Crippen MR) is 76.0 cm³/mol. The topological polar surface area (TPSA) is 47.0 Å². The van der Waals surface area contributed by atoms with Crippen LogP contribution in [0.15, 0.2) is 6.20 Å². The van der Waals surface area contributed by atoms with Gasteiger partial charge in [0.25, 0.3) is 0 Å². The van der Waals surface area contributed by atoms with Crippen molar-refractivity contribution < 1.29 is 4.74 Å². The van der Waals surface area contributed by atoms with E-state index in [9.17, 15) is 0 Å². The van der Waals surface area contributed by atoms with Crippen LogP contribution in [0.3, 0.4) is 0 Å². The number of nitrogens with zero attached hydrogens (tertiary/aromatic N) is 2. The van der Waals surface area contributed by atoms with Gasteiger partial charge in [0.1, 0.15) is 6.10 Å². The second-order valence-electron chi connectivity index (χ2n) is 5.48. The smallest absolute Gasteiger partial charge is 0.157 e. The van der Waals surface area contributed by atoms with E-state index in [0.717, 1.165) is 12.2 Å². The summed E-state index contributed by atoms with van der Waals surface area (Å²) in [7, 11) is 2.00. The molecule has 0 saturated heterocycles. The zero-order valence-corrected chi connectivity index (χ0v) is 12.4. The van der Waals surface area contributed by atoms with Crippen molar-refractivity contribution in [1.29, 1.82) is 0 Å². The highest BCUT2D eigenvalue weighted by Gasteiger charge is 2.24. The third-order valence-electron chi connectivity index (χ3n) is 3.76. The van der Waals surface area contributed by atoms with Gasteiger partial charge >= 0.3 is 0 Å². The minimum absolute atomic E-state index is 0.00487. The van der Waals surface area contributed by atoms with Gasteiger partial charge in [0.2, 0.25) is 0 Å².